The zero-order valence-electron chi connectivity index (χ0n) is 6.31. The van der Waals surface area contributed by atoms with Crippen LogP contribution in [0.5, 0.6) is 0 Å². The van der Waals surface area contributed by atoms with Gasteiger partial charge in [0.25, 0.3) is 0 Å². The Labute approximate surface area is 56.7 Å². The van der Waals surface area contributed by atoms with Gasteiger partial charge in [-0.15, -0.1) is 0 Å². The summed E-state index contributed by atoms with van der Waals surface area (Å²) in [5.74, 6) is 0.605. The Bertz CT molecular complexity index is 116. The van der Waals surface area contributed by atoms with Gasteiger partial charge in [-0.1, -0.05) is 12.2 Å². The average Bonchev–Trinajstić information content (AvgIpc) is 1.82. The fourth-order valence-electron chi connectivity index (χ4n) is 0.400. The first-order chi connectivity index (χ1) is 4.18. The third kappa shape index (κ3) is 3.76. The Hall–Kier alpha value is -0.790. The van der Waals surface area contributed by atoms with Crippen molar-refractivity contribution >= 4 is 5.84 Å². The van der Waals surface area contributed by atoms with E-state index in [2.05, 4.69) is 0 Å². The second-order valence-corrected chi connectivity index (χ2v) is 2.03. The van der Waals surface area contributed by atoms with Crippen LogP contribution in [0.4, 0.5) is 0 Å². The monoisotopic (exact) mass is 126 g/mol. The largest absolute Gasteiger partial charge is 0.360 e. The van der Waals surface area contributed by atoms with Crippen LogP contribution in [0.15, 0.2) is 12.2 Å². The minimum atomic E-state index is 0.605. The zero-order valence-corrected chi connectivity index (χ0v) is 6.31. The maximum atomic E-state index is 7.17. The van der Waals surface area contributed by atoms with Gasteiger partial charge in [-0.25, -0.2) is 0 Å². The van der Waals surface area contributed by atoms with Crippen LogP contribution in [0.3, 0.4) is 0 Å². The van der Waals surface area contributed by atoms with Crippen LogP contribution in [0.2, 0.25) is 0 Å². The van der Waals surface area contributed by atoms with Gasteiger partial charge in [0.15, 0.2) is 0 Å². The highest BCUT2D eigenvalue weighted by atomic mass is 15.1. The van der Waals surface area contributed by atoms with Crippen molar-refractivity contribution in [3.63, 3.8) is 0 Å². The number of hydrogen-bond acceptors (Lipinski definition) is 1. The van der Waals surface area contributed by atoms with Gasteiger partial charge in [0.1, 0.15) is 0 Å². The van der Waals surface area contributed by atoms with E-state index in [1.54, 1.807) is 6.92 Å². The molecule has 52 valence electrons. The molecule has 0 fully saturated rings. The molecule has 0 aromatic heterocycles. The van der Waals surface area contributed by atoms with E-state index in [9.17, 15) is 0 Å². The molecule has 0 aliphatic rings. The highest BCUT2D eigenvalue weighted by molar-refractivity contribution is 5.76. The number of allylic oxidation sites excluding steroid dienone is 1. The topological polar surface area (TPSA) is 27.1 Å². The molecule has 1 N–H and O–H groups in total. The van der Waals surface area contributed by atoms with E-state index >= 15 is 0 Å². The lowest BCUT2D eigenvalue weighted by molar-refractivity contribution is 0.556. The molecule has 9 heavy (non-hydrogen) atoms. The van der Waals surface area contributed by atoms with E-state index in [-0.39, 0.29) is 0 Å². The highest BCUT2D eigenvalue weighted by Crippen LogP contribution is 1.83. The summed E-state index contributed by atoms with van der Waals surface area (Å²) in [6.07, 6.45) is 4.01. The molecule has 0 aromatic rings. The average molecular weight is 126 g/mol. The summed E-state index contributed by atoms with van der Waals surface area (Å²) in [7, 11) is 1.91. The predicted molar refractivity (Wildman–Crippen MR) is 40.8 cm³/mol. The van der Waals surface area contributed by atoms with Gasteiger partial charge < -0.3 is 4.90 Å². The molecule has 0 saturated carbocycles. The fraction of sp³-hybridized carbons (Fsp3) is 0.571. The van der Waals surface area contributed by atoms with Crippen LogP contribution in [0.25, 0.3) is 0 Å². The Kier molecular flexibility index (Phi) is 3.76. The third-order valence-corrected chi connectivity index (χ3v) is 1.19. The van der Waals surface area contributed by atoms with E-state index in [1.165, 1.54) is 0 Å². The van der Waals surface area contributed by atoms with Crippen molar-refractivity contribution < 1.29 is 0 Å². The molecular formula is C7H14N2. The molecule has 0 heterocycles. The molecule has 0 atom stereocenters. The molecule has 0 rings (SSSR count). The molecule has 0 unspecified atom stereocenters. The van der Waals surface area contributed by atoms with Crippen LogP contribution < -0.4 is 0 Å². The summed E-state index contributed by atoms with van der Waals surface area (Å²) in [5, 5.41) is 7.17. The summed E-state index contributed by atoms with van der Waals surface area (Å²) >= 11 is 0. The van der Waals surface area contributed by atoms with Crippen molar-refractivity contribution in [2.45, 2.75) is 13.8 Å². The van der Waals surface area contributed by atoms with E-state index in [0.717, 1.165) is 6.54 Å². The first-order valence-corrected chi connectivity index (χ1v) is 3.06. The van der Waals surface area contributed by atoms with Gasteiger partial charge in [0, 0.05) is 13.6 Å². The van der Waals surface area contributed by atoms with E-state index in [4.69, 9.17) is 5.41 Å². The number of amidine groups is 1. The number of rotatable bonds is 2. The summed E-state index contributed by atoms with van der Waals surface area (Å²) in [4.78, 5) is 1.88. The maximum Gasteiger partial charge on any atom is 0.0926 e. The second-order valence-electron chi connectivity index (χ2n) is 2.03. The minimum Gasteiger partial charge on any atom is -0.360 e. The Morgan fingerprint density at radius 3 is 2.56 bits per heavy atom. The highest BCUT2D eigenvalue weighted by Gasteiger charge is 1.91. The normalized spacial score (nSPS) is 10.1. The molecule has 0 amide bonds. The minimum absolute atomic E-state index is 0.605. The van der Waals surface area contributed by atoms with Gasteiger partial charge in [-0.2, -0.15) is 0 Å². The van der Waals surface area contributed by atoms with E-state index in [0.29, 0.717) is 5.84 Å². The van der Waals surface area contributed by atoms with Gasteiger partial charge >= 0.3 is 0 Å². The smallest absolute Gasteiger partial charge is 0.0926 e. The SMILES string of the molecule is C/C=C\CN(C)C(C)=N. The molecule has 0 spiro atoms. The van der Waals surface area contributed by atoms with Crippen molar-refractivity contribution in [3.8, 4) is 0 Å². The van der Waals surface area contributed by atoms with Crippen LogP contribution in [0, 0.1) is 5.41 Å². The second kappa shape index (κ2) is 4.13. The number of nitrogens with zero attached hydrogens (tertiary/aromatic N) is 1. The Morgan fingerprint density at radius 1 is 1.67 bits per heavy atom. The van der Waals surface area contributed by atoms with Crippen LogP contribution in [-0.2, 0) is 0 Å². The first-order valence-electron chi connectivity index (χ1n) is 3.06. The summed E-state index contributed by atoms with van der Waals surface area (Å²) in [5.41, 5.74) is 0. The number of likely N-dealkylation sites (N-methyl/N-ethyl adjacent to an activating group) is 1. The van der Waals surface area contributed by atoms with E-state index in [1.807, 2.05) is 31.0 Å². The Morgan fingerprint density at radius 2 is 2.22 bits per heavy atom. The van der Waals surface area contributed by atoms with Gasteiger partial charge in [0.2, 0.25) is 0 Å². The Balaban J connectivity index is 3.50. The van der Waals surface area contributed by atoms with E-state index < -0.39 is 0 Å². The van der Waals surface area contributed by atoms with Crippen molar-refractivity contribution in [1.29, 1.82) is 5.41 Å². The van der Waals surface area contributed by atoms with Crippen molar-refractivity contribution in [2.24, 2.45) is 0 Å². The first kappa shape index (κ1) is 8.21. The molecule has 2 heteroatoms. The summed E-state index contributed by atoms with van der Waals surface area (Å²) in [6, 6.07) is 0. The van der Waals surface area contributed by atoms with Gasteiger partial charge in [-0.05, 0) is 13.8 Å². The molecule has 0 aliphatic heterocycles. The summed E-state index contributed by atoms with van der Waals surface area (Å²) < 4.78 is 0. The molecule has 0 bridgehead atoms. The quantitative estimate of drug-likeness (QED) is 0.339. The van der Waals surface area contributed by atoms with Gasteiger partial charge in [-0.3, -0.25) is 5.41 Å². The molecule has 0 saturated heterocycles. The van der Waals surface area contributed by atoms with Crippen molar-refractivity contribution in [1.82, 2.24) is 4.90 Å². The number of hydrogen-bond donors (Lipinski definition) is 1. The predicted octanol–water partition coefficient (Wildman–Crippen LogP) is 1.49. The lowest BCUT2D eigenvalue weighted by Crippen LogP contribution is -2.22. The maximum absolute atomic E-state index is 7.17. The lowest BCUT2D eigenvalue weighted by atomic mass is 10.4. The standard InChI is InChI=1S/C7H14N2/c1-4-5-6-9(3)7(2)8/h4-5,8H,6H2,1-3H3/b5-4-,8-7?. The van der Waals surface area contributed by atoms with Crippen molar-refractivity contribution in [2.75, 3.05) is 13.6 Å². The fourth-order valence-corrected chi connectivity index (χ4v) is 0.400. The number of nitrogens with one attached hydrogen (secondary N) is 1. The third-order valence-electron chi connectivity index (χ3n) is 1.19. The molecular weight excluding hydrogens is 112 g/mol. The molecule has 0 radical (unpaired) electrons. The zero-order chi connectivity index (χ0) is 7.28. The van der Waals surface area contributed by atoms with Crippen LogP contribution in [-0.4, -0.2) is 24.3 Å². The lowest BCUT2D eigenvalue weighted by Gasteiger charge is -2.13. The molecule has 0 aliphatic carbocycles. The van der Waals surface area contributed by atoms with Gasteiger partial charge in [0.05, 0.1) is 5.84 Å². The molecule has 2 nitrogen and oxygen atoms in total. The summed E-state index contributed by atoms with van der Waals surface area (Å²) in [6.45, 7) is 4.60. The van der Waals surface area contributed by atoms with Crippen molar-refractivity contribution in [3.05, 3.63) is 12.2 Å². The molecule has 0 aromatic carbocycles. The van der Waals surface area contributed by atoms with Crippen LogP contribution >= 0.6 is 0 Å². The van der Waals surface area contributed by atoms with Crippen LogP contribution in [0.1, 0.15) is 13.8 Å².